The van der Waals surface area contributed by atoms with E-state index in [1.54, 1.807) is 6.92 Å². The Hall–Kier alpha value is -2.29. The summed E-state index contributed by atoms with van der Waals surface area (Å²) in [5, 5.41) is 3.27. The number of aryl methyl sites for hydroxylation is 1. The minimum atomic E-state index is -3.53. The van der Waals surface area contributed by atoms with E-state index in [0.717, 1.165) is 15.8 Å². The minimum Gasteiger partial charge on any atom is -0.298 e. The van der Waals surface area contributed by atoms with Crippen LogP contribution in [-0.4, -0.2) is 25.9 Å². The SMILES string of the molecule is CCNS(=O)(=O)c1ccc(C(=O)Nc2nc3c(C)cccc3s2)cc1. The number of aromatic nitrogens is 1. The molecule has 0 radical (unpaired) electrons. The molecular weight excluding hydrogens is 358 g/mol. The highest BCUT2D eigenvalue weighted by atomic mass is 32.2. The number of rotatable bonds is 5. The summed E-state index contributed by atoms with van der Waals surface area (Å²) < 4.78 is 27.2. The molecule has 0 saturated heterocycles. The molecule has 0 aliphatic rings. The number of hydrogen-bond acceptors (Lipinski definition) is 5. The van der Waals surface area contributed by atoms with Gasteiger partial charge in [0.15, 0.2) is 5.13 Å². The fourth-order valence-corrected chi connectivity index (χ4v) is 4.35. The van der Waals surface area contributed by atoms with Gasteiger partial charge in [-0.2, -0.15) is 0 Å². The van der Waals surface area contributed by atoms with Crippen molar-refractivity contribution in [2.75, 3.05) is 11.9 Å². The van der Waals surface area contributed by atoms with Gasteiger partial charge in [-0.15, -0.1) is 0 Å². The van der Waals surface area contributed by atoms with Crippen molar-refractivity contribution < 1.29 is 13.2 Å². The monoisotopic (exact) mass is 375 g/mol. The average molecular weight is 375 g/mol. The van der Waals surface area contributed by atoms with Crippen LogP contribution in [0, 0.1) is 6.92 Å². The molecule has 0 aliphatic heterocycles. The molecule has 3 aromatic rings. The smallest absolute Gasteiger partial charge is 0.257 e. The predicted octanol–water partition coefficient (Wildman–Crippen LogP) is 3.16. The second kappa shape index (κ2) is 6.91. The standard InChI is InChI=1S/C17H17N3O3S2/c1-3-18-25(22,23)13-9-7-12(8-10-13)16(21)20-17-19-15-11(2)5-4-6-14(15)24-17/h4-10,18H,3H2,1-2H3,(H,19,20,21). The summed E-state index contributed by atoms with van der Waals surface area (Å²) in [5.74, 6) is -0.330. The largest absolute Gasteiger partial charge is 0.298 e. The van der Waals surface area contributed by atoms with Crippen molar-refractivity contribution in [3.8, 4) is 0 Å². The summed E-state index contributed by atoms with van der Waals surface area (Å²) in [6, 6.07) is 11.7. The third-order valence-corrected chi connectivity index (χ3v) is 6.10. The topological polar surface area (TPSA) is 88.2 Å². The Bertz CT molecular complexity index is 1020. The van der Waals surface area contributed by atoms with Crippen molar-refractivity contribution in [1.29, 1.82) is 0 Å². The molecule has 25 heavy (non-hydrogen) atoms. The van der Waals surface area contributed by atoms with Gasteiger partial charge in [-0.05, 0) is 42.8 Å². The minimum absolute atomic E-state index is 0.126. The normalized spacial score (nSPS) is 11.6. The fraction of sp³-hybridized carbons (Fsp3) is 0.176. The quantitative estimate of drug-likeness (QED) is 0.717. The maximum absolute atomic E-state index is 12.4. The molecule has 1 aromatic heterocycles. The van der Waals surface area contributed by atoms with Crippen LogP contribution < -0.4 is 10.0 Å². The number of benzene rings is 2. The molecule has 3 rings (SSSR count). The number of fused-ring (bicyclic) bond motifs is 1. The Morgan fingerprint density at radius 3 is 2.52 bits per heavy atom. The lowest BCUT2D eigenvalue weighted by molar-refractivity contribution is 0.102. The predicted molar refractivity (Wildman–Crippen MR) is 99.6 cm³/mol. The zero-order valence-electron chi connectivity index (χ0n) is 13.7. The molecule has 130 valence electrons. The van der Waals surface area contributed by atoms with Crippen LogP contribution in [0.4, 0.5) is 5.13 Å². The van der Waals surface area contributed by atoms with Crippen LogP contribution in [0.5, 0.6) is 0 Å². The summed E-state index contributed by atoms with van der Waals surface area (Å²) in [4.78, 5) is 16.9. The van der Waals surface area contributed by atoms with Crippen molar-refractivity contribution in [3.63, 3.8) is 0 Å². The molecule has 0 atom stereocenters. The molecule has 2 N–H and O–H groups in total. The number of amides is 1. The first-order chi connectivity index (χ1) is 11.9. The number of thiazole rings is 1. The third kappa shape index (κ3) is 3.71. The maximum Gasteiger partial charge on any atom is 0.257 e. The molecule has 0 fully saturated rings. The van der Waals surface area contributed by atoms with E-state index in [9.17, 15) is 13.2 Å². The Balaban J connectivity index is 1.80. The van der Waals surface area contributed by atoms with Crippen LogP contribution in [-0.2, 0) is 10.0 Å². The average Bonchev–Trinajstić information content (AvgIpc) is 2.99. The van der Waals surface area contributed by atoms with Crippen molar-refractivity contribution in [2.45, 2.75) is 18.7 Å². The van der Waals surface area contributed by atoms with Gasteiger partial charge < -0.3 is 0 Å². The highest BCUT2D eigenvalue weighted by Crippen LogP contribution is 2.28. The van der Waals surface area contributed by atoms with E-state index in [-0.39, 0.29) is 10.8 Å². The lowest BCUT2D eigenvalue weighted by atomic mass is 10.2. The molecular formula is C17H17N3O3S2. The Labute approximate surface area is 150 Å². The third-order valence-electron chi connectivity index (χ3n) is 3.60. The summed E-state index contributed by atoms with van der Waals surface area (Å²) >= 11 is 1.40. The van der Waals surface area contributed by atoms with Gasteiger partial charge in [-0.1, -0.05) is 30.4 Å². The summed E-state index contributed by atoms with van der Waals surface area (Å²) in [6.45, 7) is 3.98. The van der Waals surface area contributed by atoms with Gasteiger partial charge in [0, 0.05) is 12.1 Å². The fourth-order valence-electron chi connectivity index (χ4n) is 2.37. The first kappa shape index (κ1) is 17.5. The molecule has 8 heteroatoms. The van der Waals surface area contributed by atoms with E-state index in [1.807, 2.05) is 25.1 Å². The number of sulfonamides is 1. The van der Waals surface area contributed by atoms with Gasteiger partial charge in [0.1, 0.15) is 0 Å². The van der Waals surface area contributed by atoms with Crippen LogP contribution in [0.15, 0.2) is 47.4 Å². The molecule has 0 spiro atoms. The van der Waals surface area contributed by atoms with Crippen molar-refractivity contribution in [2.24, 2.45) is 0 Å². The number of nitrogens with one attached hydrogen (secondary N) is 2. The molecule has 1 amide bonds. The molecule has 6 nitrogen and oxygen atoms in total. The van der Waals surface area contributed by atoms with Gasteiger partial charge in [0.05, 0.1) is 15.1 Å². The van der Waals surface area contributed by atoms with Gasteiger partial charge in [0.25, 0.3) is 5.91 Å². The van der Waals surface area contributed by atoms with Crippen LogP contribution >= 0.6 is 11.3 Å². The Kier molecular flexibility index (Phi) is 4.85. The first-order valence-electron chi connectivity index (χ1n) is 7.68. The summed E-state index contributed by atoms with van der Waals surface area (Å²) in [7, 11) is -3.53. The first-order valence-corrected chi connectivity index (χ1v) is 9.98. The van der Waals surface area contributed by atoms with Gasteiger partial charge >= 0.3 is 0 Å². The second-order valence-electron chi connectivity index (χ2n) is 5.42. The van der Waals surface area contributed by atoms with E-state index in [4.69, 9.17) is 0 Å². The van der Waals surface area contributed by atoms with Crippen molar-refractivity contribution in [3.05, 3.63) is 53.6 Å². The summed E-state index contributed by atoms with van der Waals surface area (Å²) in [5.41, 5.74) is 2.29. The second-order valence-corrected chi connectivity index (χ2v) is 8.22. The Morgan fingerprint density at radius 2 is 1.88 bits per heavy atom. The van der Waals surface area contributed by atoms with Crippen LogP contribution in [0.25, 0.3) is 10.2 Å². The maximum atomic E-state index is 12.4. The van der Waals surface area contributed by atoms with Gasteiger partial charge in [-0.25, -0.2) is 18.1 Å². The number of anilines is 1. The number of carbonyl (C=O) groups excluding carboxylic acids is 1. The van der Waals surface area contributed by atoms with Gasteiger partial charge in [-0.3, -0.25) is 10.1 Å². The zero-order valence-corrected chi connectivity index (χ0v) is 15.4. The molecule has 1 heterocycles. The van der Waals surface area contributed by atoms with Crippen LogP contribution in [0.1, 0.15) is 22.8 Å². The number of hydrogen-bond donors (Lipinski definition) is 2. The van der Waals surface area contributed by atoms with E-state index in [0.29, 0.717) is 17.2 Å². The van der Waals surface area contributed by atoms with Crippen LogP contribution in [0.3, 0.4) is 0 Å². The number of nitrogens with zero attached hydrogens (tertiary/aromatic N) is 1. The highest BCUT2D eigenvalue weighted by Gasteiger charge is 2.15. The molecule has 0 bridgehead atoms. The van der Waals surface area contributed by atoms with E-state index in [1.165, 1.54) is 35.6 Å². The summed E-state index contributed by atoms with van der Waals surface area (Å²) in [6.07, 6.45) is 0. The molecule has 0 aliphatic carbocycles. The van der Waals surface area contributed by atoms with E-state index >= 15 is 0 Å². The van der Waals surface area contributed by atoms with Crippen molar-refractivity contribution >= 4 is 42.6 Å². The molecule has 2 aromatic carbocycles. The highest BCUT2D eigenvalue weighted by molar-refractivity contribution is 7.89. The number of para-hydroxylation sites is 1. The Morgan fingerprint density at radius 1 is 1.16 bits per heavy atom. The zero-order chi connectivity index (χ0) is 18.0. The van der Waals surface area contributed by atoms with Crippen molar-refractivity contribution in [1.82, 2.24) is 9.71 Å². The lowest BCUT2D eigenvalue weighted by Gasteiger charge is -2.06. The van der Waals surface area contributed by atoms with E-state index in [2.05, 4.69) is 15.0 Å². The molecule has 0 saturated carbocycles. The number of carbonyl (C=O) groups is 1. The lowest BCUT2D eigenvalue weighted by Crippen LogP contribution is -2.23. The van der Waals surface area contributed by atoms with Gasteiger partial charge in [0.2, 0.25) is 10.0 Å². The van der Waals surface area contributed by atoms with Crippen LogP contribution in [0.2, 0.25) is 0 Å². The van der Waals surface area contributed by atoms with E-state index < -0.39 is 10.0 Å². The molecule has 0 unspecified atom stereocenters.